The summed E-state index contributed by atoms with van der Waals surface area (Å²) in [5, 5.41) is 3.34. The van der Waals surface area contributed by atoms with Crippen LogP contribution < -0.4 is 5.32 Å². The van der Waals surface area contributed by atoms with Gasteiger partial charge in [-0.05, 0) is 6.42 Å². The lowest BCUT2D eigenvalue weighted by Gasteiger charge is -2.26. The fraction of sp³-hybridized carbons (Fsp3) is 1.00. The second-order valence-electron chi connectivity index (χ2n) is 3.56. The Morgan fingerprint density at radius 2 is 2.00 bits per heavy atom. The smallest absolute Gasteiger partial charge is 0.0593 e. The first-order valence-electron chi connectivity index (χ1n) is 5.44. The Hall–Kier alpha value is -0.120. The molecular weight excluding hydrogens is 164 g/mol. The molecule has 0 aromatic carbocycles. The lowest BCUT2D eigenvalue weighted by molar-refractivity contribution is 0.0971. The zero-order valence-electron chi connectivity index (χ0n) is 8.72. The molecule has 3 heteroatoms. The van der Waals surface area contributed by atoms with E-state index in [1.54, 1.807) is 0 Å². The van der Waals surface area contributed by atoms with Gasteiger partial charge >= 0.3 is 0 Å². The van der Waals surface area contributed by atoms with Crippen LogP contribution in [0.5, 0.6) is 0 Å². The van der Waals surface area contributed by atoms with Crippen LogP contribution >= 0.6 is 0 Å². The van der Waals surface area contributed by atoms with Gasteiger partial charge in [0.05, 0.1) is 6.61 Å². The zero-order valence-corrected chi connectivity index (χ0v) is 8.72. The van der Waals surface area contributed by atoms with Gasteiger partial charge in [-0.25, -0.2) is 0 Å². The van der Waals surface area contributed by atoms with E-state index >= 15 is 0 Å². The third kappa shape index (κ3) is 5.24. The molecule has 0 radical (unpaired) electrons. The van der Waals surface area contributed by atoms with Crippen LogP contribution in [-0.2, 0) is 4.74 Å². The van der Waals surface area contributed by atoms with Gasteiger partial charge in [-0.1, -0.05) is 13.3 Å². The Kier molecular flexibility index (Phi) is 6.15. The summed E-state index contributed by atoms with van der Waals surface area (Å²) < 4.78 is 5.51. The highest BCUT2D eigenvalue weighted by molar-refractivity contribution is 4.66. The van der Waals surface area contributed by atoms with Gasteiger partial charge in [0.2, 0.25) is 0 Å². The topological polar surface area (TPSA) is 24.5 Å². The van der Waals surface area contributed by atoms with Crippen LogP contribution in [0.1, 0.15) is 19.8 Å². The monoisotopic (exact) mass is 186 g/mol. The first kappa shape index (κ1) is 11.0. The molecule has 3 nitrogen and oxygen atoms in total. The van der Waals surface area contributed by atoms with Gasteiger partial charge < -0.3 is 10.1 Å². The number of ether oxygens (including phenoxy) is 1. The summed E-state index contributed by atoms with van der Waals surface area (Å²) in [6, 6.07) is 0. The van der Waals surface area contributed by atoms with Crippen LogP contribution in [0.3, 0.4) is 0 Å². The summed E-state index contributed by atoms with van der Waals surface area (Å²) in [5.41, 5.74) is 0. The summed E-state index contributed by atoms with van der Waals surface area (Å²) in [6.07, 6.45) is 2.43. The summed E-state index contributed by atoms with van der Waals surface area (Å²) in [5.74, 6) is 0. The molecule has 1 saturated heterocycles. The molecule has 78 valence electrons. The van der Waals surface area contributed by atoms with E-state index in [-0.39, 0.29) is 0 Å². The van der Waals surface area contributed by atoms with E-state index < -0.39 is 0 Å². The molecule has 1 aliphatic rings. The van der Waals surface area contributed by atoms with E-state index in [1.807, 2.05) is 0 Å². The van der Waals surface area contributed by atoms with Crippen molar-refractivity contribution in [2.24, 2.45) is 0 Å². The van der Waals surface area contributed by atoms with Gasteiger partial charge in [0, 0.05) is 39.3 Å². The second kappa shape index (κ2) is 7.30. The SMILES string of the molecule is CCCCOCCN1CCNCC1. The number of rotatable bonds is 6. The lowest BCUT2D eigenvalue weighted by Crippen LogP contribution is -2.44. The third-order valence-corrected chi connectivity index (χ3v) is 2.40. The Labute approximate surface area is 81.4 Å². The first-order valence-corrected chi connectivity index (χ1v) is 5.44. The molecule has 13 heavy (non-hydrogen) atoms. The van der Waals surface area contributed by atoms with Gasteiger partial charge in [-0.15, -0.1) is 0 Å². The molecule has 0 aromatic heterocycles. The number of piperazine rings is 1. The molecule has 0 atom stereocenters. The Balaban J connectivity index is 1.86. The highest BCUT2D eigenvalue weighted by atomic mass is 16.5. The van der Waals surface area contributed by atoms with Crippen molar-refractivity contribution in [3.8, 4) is 0 Å². The van der Waals surface area contributed by atoms with Gasteiger partial charge in [-0.3, -0.25) is 4.90 Å². The van der Waals surface area contributed by atoms with Crippen LogP contribution in [0, 0.1) is 0 Å². The van der Waals surface area contributed by atoms with Crippen molar-refractivity contribution >= 4 is 0 Å². The predicted molar refractivity (Wildman–Crippen MR) is 55.0 cm³/mol. The highest BCUT2D eigenvalue weighted by Crippen LogP contribution is 1.93. The molecular formula is C10H22N2O. The zero-order chi connectivity index (χ0) is 9.36. The Bertz CT molecular complexity index is 113. The molecule has 1 aliphatic heterocycles. The molecule has 0 aliphatic carbocycles. The average Bonchev–Trinajstić information content (AvgIpc) is 2.19. The molecule has 1 rings (SSSR count). The lowest BCUT2D eigenvalue weighted by atomic mass is 10.3. The minimum absolute atomic E-state index is 0.903. The van der Waals surface area contributed by atoms with E-state index in [2.05, 4.69) is 17.1 Å². The van der Waals surface area contributed by atoms with E-state index in [0.717, 1.165) is 32.8 Å². The molecule has 0 saturated carbocycles. The largest absolute Gasteiger partial charge is 0.380 e. The minimum atomic E-state index is 0.903. The summed E-state index contributed by atoms with van der Waals surface area (Å²) in [6.45, 7) is 9.76. The number of hydrogen-bond acceptors (Lipinski definition) is 3. The van der Waals surface area contributed by atoms with Crippen molar-refractivity contribution in [2.45, 2.75) is 19.8 Å². The molecule has 1 N–H and O–H groups in total. The van der Waals surface area contributed by atoms with Crippen LogP contribution in [-0.4, -0.2) is 50.8 Å². The Morgan fingerprint density at radius 1 is 1.23 bits per heavy atom. The maximum Gasteiger partial charge on any atom is 0.0593 e. The number of hydrogen-bond donors (Lipinski definition) is 1. The fourth-order valence-corrected chi connectivity index (χ4v) is 1.48. The minimum Gasteiger partial charge on any atom is -0.380 e. The summed E-state index contributed by atoms with van der Waals surface area (Å²) >= 11 is 0. The van der Waals surface area contributed by atoms with Gasteiger partial charge in [0.1, 0.15) is 0 Å². The molecule has 0 unspecified atom stereocenters. The van der Waals surface area contributed by atoms with E-state index in [4.69, 9.17) is 4.74 Å². The van der Waals surface area contributed by atoms with E-state index in [1.165, 1.54) is 25.9 Å². The van der Waals surface area contributed by atoms with Crippen molar-refractivity contribution < 1.29 is 4.74 Å². The van der Waals surface area contributed by atoms with Crippen molar-refractivity contribution in [3.63, 3.8) is 0 Å². The van der Waals surface area contributed by atoms with Gasteiger partial charge in [0.25, 0.3) is 0 Å². The molecule has 0 bridgehead atoms. The number of unbranched alkanes of at least 4 members (excludes halogenated alkanes) is 1. The van der Waals surface area contributed by atoms with Crippen LogP contribution in [0.25, 0.3) is 0 Å². The first-order chi connectivity index (χ1) is 6.43. The van der Waals surface area contributed by atoms with Crippen molar-refractivity contribution in [1.82, 2.24) is 10.2 Å². The molecule has 0 spiro atoms. The average molecular weight is 186 g/mol. The van der Waals surface area contributed by atoms with Crippen LogP contribution in [0.15, 0.2) is 0 Å². The van der Waals surface area contributed by atoms with Gasteiger partial charge in [-0.2, -0.15) is 0 Å². The maximum atomic E-state index is 5.51. The van der Waals surface area contributed by atoms with Crippen molar-refractivity contribution in [1.29, 1.82) is 0 Å². The quantitative estimate of drug-likeness (QED) is 0.618. The maximum absolute atomic E-state index is 5.51. The second-order valence-corrected chi connectivity index (χ2v) is 3.56. The van der Waals surface area contributed by atoms with E-state index in [9.17, 15) is 0 Å². The molecule has 0 amide bonds. The van der Waals surface area contributed by atoms with Crippen LogP contribution in [0.4, 0.5) is 0 Å². The van der Waals surface area contributed by atoms with Gasteiger partial charge in [0.15, 0.2) is 0 Å². The predicted octanol–water partition coefficient (Wildman–Crippen LogP) is 0.708. The summed E-state index contributed by atoms with van der Waals surface area (Å²) in [7, 11) is 0. The highest BCUT2D eigenvalue weighted by Gasteiger charge is 2.07. The Morgan fingerprint density at radius 3 is 2.69 bits per heavy atom. The van der Waals surface area contributed by atoms with Crippen molar-refractivity contribution in [3.05, 3.63) is 0 Å². The number of nitrogens with zero attached hydrogens (tertiary/aromatic N) is 1. The van der Waals surface area contributed by atoms with Crippen molar-refractivity contribution in [2.75, 3.05) is 45.9 Å². The van der Waals surface area contributed by atoms with E-state index in [0.29, 0.717) is 0 Å². The molecule has 1 fully saturated rings. The normalized spacial score (nSPS) is 19.2. The van der Waals surface area contributed by atoms with Crippen LogP contribution in [0.2, 0.25) is 0 Å². The third-order valence-electron chi connectivity index (χ3n) is 2.40. The standard InChI is InChI=1S/C10H22N2O/c1-2-3-9-13-10-8-12-6-4-11-5-7-12/h11H,2-10H2,1H3. The fourth-order valence-electron chi connectivity index (χ4n) is 1.48. The molecule has 1 heterocycles. The molecule has 0 aromatic rings. The summed E-state index contributed by atoms with van der Waals surface area (Å²) in [4.78, 5) is 2.46. The number of nitrogens with one attached hydrogen (secondary N) is 1.